The van der Waals surface area contributed by atoms with E-state index in [0.717, 1.165) is 25.9 Å². The average molecular weight is 376 g/mol. The molecular weight excluding hydrogens is 350 g/mol. The van der Waals surface area contributed by atoms with Crippen LogP contribution in [0, 0.1) is 5.41 Å². The fourth-order valence-corrected chi connectivity index (χ4v) is 3.43. The Morgan fingerprint density at radius 1 is 1.42 bits per heavy atom. The quantitative estimate of drug-likeness (QED) is 0.673. The predicted octanol–water partition coefficient (Wildman–Crippen LogP) is 1.42. The molecule has 3 N–H and O–H groups in total. The number of methoxy groups -OCH3 is 1. The van der Waals surface area contributed by atoms with Crippen molar-refractivity contribution in [3.63, 3.8) is 0 Å². The molecule has 1 aromatic rings. The smallest absolute Gasteiger partial charge is 0.261 e. The zero-order valence-electron chi connectivity index (χ0n) is 14.1. The van der Waals surface area contributed by atoms with Crippen LogP contribution in [0.3, 0.4) is 0 Å². The SMILES string of the molecule is COCC1(CNC(=O)C(C)NC(=O)c2cccs2)CCNCC1.Cl. The fourth-order valence-electron chi connectivity index (χ4n) is 2.80. The fraction of sp³-hybridized carbons (Fsp3) is 0.625. The number of amides is 2. The molecule has 1 aliphatic heterocycles. The van der Waals surface area contributed by atoms with Crippen LogP contribution >= 0.6 is 23.7 Å². The van der Waals surface area contributed by atoms with Gasteiger partial charge in [0, 0.05) is 19.1 Å². The zero-order chi connectivity index (χ0) is 16.7. The Morgan fingerprint density at radius 3 is 2.71 bits per heavy atom. The first-order chi connectivity index (χ1) is 11.1. The van der Waals surface area contributed by atoms with Crippen molar-refractivity contribution in [2.24, 2.45) is 5.41 Å². The summed E-state index contributed by atoms with van der Waals surface area (Å²) in [5, 5.41) is 10.9. The van der Waals surface area contributed by atoms with Crippen molar-refractivity contribution in [2.75, 3.05) is 33.4 Å². The molecule has 0 radical (unpaired) electrons. The maximum Gasteiger partial charge on any atom is 0.261 e. The summed E-state index contributed by atoms with van der Waals surface area (Å²) >= 11 is 1.36. The van der Waals surface area contributed by atoms with E-state index in [4.69, 9.17) is 4.74 Å². The summed E-state index contributed by atoms with van der Waals surface area (Å²) in [6.45, 7) is 4.77. The first kappa shape index (κ1) is 20.9. The number of hydrogen-bond donors (Lipinski definition) is 3. The maximum absolute atomic E-state index is 12.3. The van der Waals surface area contributed by atoms with Crippen LogP contribution in [-0.2, 0) is 9.53 Å². The van der Waals surface area contributed by atoms with Crippen molar-refractivity contribution < 1.29 is 14.3 Å². The number of halogens is 1. The second-order valence-corrected chi connectivity index (χ2v) is 7.02. The molecule has 0 spiro atoms. The summed E-state index contributed by atoms with van der Waals surface area (Å²) in [6.07, 6.45) is 1.94. The number of hydrogen-bond acceptors (Lipinski definition) is 5. The maximum atomic E-state index is 12.3. The number of piperidine rings is 1. The molecular formula is C16H26ClN3O3S. The Balaban J connectivity index is 0.00000288. The van der Waals surface area contributed by atoms with Gasteiger partial charge in [-0.25, -0.2) is 0 Å². The summed E-state index contributed by atoms with van der Waals surface area (Å²) in [7, 11) is 1.69. The van der Waals surface area contributed by atoms with Gasteiger partial charge in [-0.1, -0.05) is 6.07 Å². The van der Waals surface area contributed by atoms with Gasteiger partial charge in [-0.15, -0.1) is 23.7 Å². The van der Waals surface area contributed by atoms with Gasteiger partial charge in [0.1, 0.15) is 6.04 Å². The lowest BCUT2D eigenvalue weighted by Crippen LogP contribution is -2.51. The zero-order valence-corrected chi connectivity index (χ0v) is 15.7. The molecule has 1 unspecified atom stereocenters. The van der Waals surface area contributed by atoms with Crippen LogP contribution in [0.25, 0.3) is 0 Å². The largest absolute Gasteiger partial charge is 0.384 e. The number of thiophene rings is 1. The van der Waals surface area contributed by atoms with Crippen molar-refractivity contribution in [3.05, 3.63) is 22.4 Å². The van der Waals surface area contributed by atoms with Crippen LogP contribution < -0.4 is 16.0 Å². The molecule has 2 amide bonds. The highest BCUT2D eigenvalue weighted by atomic mass is 35.5. The molecule has 24 heavy (non-hydrogen) atoms. The Kier molecular flexibility index (Phi) is 8.69. The second kappa shape index (κ2) is 9.98. The van der Waals surface area contributed by atoms with Crippen LogP contribution in [-0.4, -0.2) is 51.2 Å². The number of carbonyl (C=O) groups excluding carboxylic acids is 2. The first-order valence-corrected chi connectivity index (χ1v) is 8.76. The number of rotatable bonds is 7. The highest BCUT2D eigenvalue weighted by molar-refractivity contribution is 7.12. The molecule has 1 saturated heterocycles. The molecule has 0 aromatic carbocycles. The monoisotopic (exact) mass is 375 g/mol. The third kappa shape index (κ3) is 5.73. The van der Waals surface area contributed by atoms with Gasteiger partial charge in [0.2, 0.25) is 5.91 Å². The molecule has 8 heteroatoms. The van der Waals surface area contributed by atoms with Crippen molar-refractivity contribution in [1.82, 2.24) is 16.0 Å². The van der Waals surface area contributed by atoms with Gasteiger partial charge in [-0.3, -0.25) is 9.59 Å². The Labute approximate surface area is 153 Å². The lowest BCUT2D eigenvalue weighted by molar-refractivity contribution is -0.123. The van der Waals surface area contributed by atoms with E-state index in [2.05, 4.69) is 16.0 Å². The van der Waals surface area contributed by atoms with Gasteiger partial charge in [0.25, 0.3) is 5.91 Å². The normalized spacial score (nSPS) is 17.4. The number of ether oxygens (including phenoxy) is 1. The molecule has 0 aliphatic carbocycles. The average Bonchev–Trinajstić information content (AvgIpc) is 3.08. The highest BCUT2D eigenvalue weighted by Gasteiger charge is 2.33. The molecule has 2 rings (SSSR count). The van der Waals surface area contributed by atoms with E-state index in [1.165, 1.54) is 11.3 Å². The van der Waals surface area contributed by atoms with Crippen LogP contribution in [0.15, 0.2) is 17.5 Å². The molecule has 2 heterocycles. The van der Waals surface area contributed by atoms with Crippen LogP contribution in [0.2, 0.25) is 0 Å². The second-order valence-electron chi connectivity index (χ2n) is 6.07. The van der Waals surface area contributed by atoms with Gasteiger partial charge >= 0.3 is 0 Å². The van der Waals surface area contributed by atoms with Gasteiger partial charge < -0.3 is 20.7 Å². The van der Waals surface area contributed by atoms with Crippen LogP contribution in [0.5, 0.6) is 0 Å². The van der Waals surface area contributed by atoms with E-state index in [1.54, 1.807) is 20.1 Å². The summed E-state index contributed by atoms with van der Waals surface area (Å²) in [4.78, 5) is 24.9. The van der Waals surface area contributed by atoms with E-state index in [9.17, 15) is 9.59 Å². The molecule has 1 fully saturated rings. The van der Waals surface area contributed by atoms with Crippen LogP contribution in [0.1, 0.15) is 29.4 Å². The molecule has 1 atom stereocenters. The first-order valence-electron chi connectivity index (χ1n) is 7.88. The van der Waals surface area contributed by atoms with Crippen molar-refractivity contribution >= 4 is 35.6 Å². The molecule has 1 aliphatic rings. The third-order valence-electron chi connectivity index (χ3n) is 4.24. The molecule has 1 aromatic heterocycles. The molecule has 6 nitrogen and oxygen atoms in total. The van der Waals surface area contributed by atoms with E-state index >= 15 is 0 Å². The topological polar surface area (TPSA) is 79.5 Å². The van der Waals surface area contributed by atoms with Crippen molar-refractivity contribution in [1.29, 1.82) is 0 Å². The Morgan fingerprint density at radius 2 is 2.12 bits per heavy atom. The molecule has 0 bridgehead atoms. The summed E-state index contributed by atoms with van der Waals surface area (Å²) in [5.74, 6) is -0.375. The lowest BCUT2D eigenvalue weighted by atomic mass is 9.79. The Hall–Kier alpha value is -1.15. The predicted molar refractivity (Wildman–Crippen MR) is 97.9 cm³/mol. The molecule has 136 valence electrons. The number of nitrogens with one attached hydrogen (secondary N) is 3. The minimum Gasteiger partial charge on any atom is -0.384 e. The minimum absolute atomic E-state index is 0. The van der Waals surface area contributed by atoms with E-state index in [1.807, 2.05) is 11.4 Å². The van der Waals surface area contributed by atoms with E-state index in [-0.39, 0.29) is 29.6 Å². The summed E-state index contributed by atoms with van der Waals surface area (Å²) in [5.41, 5.74) is -0.0207. The van der Waals surface area contributed by atoms with Gasteiger partial charge in [-0.05, 0) is 44.3 Å². The summed E-state index contributed by atoms with van der Waals surface area (Å²) in [6, 6.07) is 2.99. The summed E-state index contributed by atoms with van der Waals surface area (Å²) < 4.78 is 5.34. The minimum atomic E-state index is -0.564. The van der Waals surface area contributed by atoms with E-state index in [0.29, 0.717) is 18.0 Å². The lowest BCUT2D eigenvalue weighted by Gasteiger charge is -2.37. The standard InChI is InChI=1S/C16H25N3O3S.ClH/c1-12(19-15(21)13-4-3-9-23-13)14(20)18-10-16(11-22-2)5-7-17-8-6-16;/h3-4,9,12,17H,5-8,10-11H2,1-2H3,(H,18,20)(H,19,21);1H. The van der Waals surface area contributed by atoms with Crippen LogP contribution in [0.4, 0.5) is 0 Å². The Bertz CT molecular complexity index is 513. The van der Waals surface area contributed by atoms with Crippen molar-refractivity contribution in [2.45, 2.75) is 25.8 Å². The highest BCUT2D eigenvalue weighted by Crippen LogP contribution is 2.28. The van der Waals surface area contributed by atoms with Gasteiger partial charge in [-0.2, -0.15) is 0 Å². The van der Waals surface area contributed by atoms with E-state index < -0.39 is 6.04 Å². The number of carbonyl (C=O) groups is 2. The van der Waals surface area contributed by atoms with Gasteiger partial charge in [0.05, 0.1) is 11.5 Å². The molecule has 0 saturated carbocycles. The third-order valence-corrected chi connectivity index (χ3v) is 5.11. The van der Waals surface area contributed by atoms with Crippen molar-refractivity contribution in [3.8, 4) is 0 Å². The van der Waals surface area contributed by atoms with Gasteiger partial charge in [0.15, 0.2) is 0 Å².